The van der Waals surface area contributed by atoms with Crippen molar-refractivity contribution >= 4 is 11.9 Å². The zero-order chi connectivity index (χ0) is 21.1. The van der Waals surface area contributed by atoms with E-state index in [0.29, 0.717) is 38.0 Å². The zero-order valence-electron chi connectivity index (χ0n) is 15.6. The van der Waals surface area contributed by atoms with Gasteiger partial charge in [-0.05, 0) is 54.8 Å². The molecule has 0 aliphatic carbocycles. The molecule has 29 heavy (non-hydrogen) atoms. The molecule has 0 atom stereocenters. The largest absolute Gasteiger partial charge is 0.435 e. The predicted octanol–water partition coefficient (Wildman–Crippen LogP) is 3.09. The molecule has 0 fully saturated rings. The van der Waals surface area contributed by atoms with Crippen molar-refractivity contribution in [3.63, 3.8) is 0 Å². The van der Waals surface area contributed by atoms with Crippen molar-refractivity contribution in [2.45, 2.75) is 19.5 Å². The van der Waals surface area contributed by atoms with E-state index in [1.165, 1.54) is 36.4 Å². The van der Waals surface area contributed by atoms with Gasteiger partial charge in [0.2, 0.25) is 0 Å². The van der Waals surface area contributed by atoms with Gasteiger partial charge in [0.1, 0.15) is 11.6 Å². The van der Waals surface area contributed by atoms with Crippen LogP contribution in [0.1, 0.15) is 22.3 Å². The summed E-state index contributed by atoms with van der Waals surface area (Å²) in [7, 11) is 0. The van der Waals surface area contributed by atoms with Crippen LogP contribution in [0.2, 0.25) is 0 Å². The summed E-state index contributed by atoms with van der Waals surface area (Å²) in [6, 6.07) is 11.1. The lowest BCUT2D eigenvalue weighted by atomic mass is 10.1. The van der Waals surface area contributed by atoms with Gasteiger partial charge in [0.25, 0.3) is 5.91 Å². The highest BCUT2D eigenvalue weighted by Crippen LogP contribution is 2.14. The van der Waals surface area contributed by atoms with Crippen LogP contribution in [0.5, 0.6) is 5.75 Å². The van der Waals surface area contributed by atoms with Crippen LogP contribution in [0.25, 0.3) is 0 Å². The van der Waals surface area contributed by atoms with E-state index in [1.807, 2.05) is 0 Å². The Morgan fingerprint density at radius 2 is 1.48 bits per heavy atom. The van der Waals surface area contributed by atoms with Crippen molar-refractivity contribution in [2.24, 2.45) is 0 Å². The van der Waals surface area contributed by atoms with E-state index < -0.39 is 12.4 Å². The van der Waals surface area contributed by atoms with Gasteiger partial charge in [-0.25, -0.2) is 9.18 Å². The van der Waals surface area contributed by atoms with Gasteiger partial charge in [-0.2, -0.15) is 8.78 Å². The van der Waals surface area contributed by atoms with Crippen LogP contribution in [0, 0.1) is 5.82 Å². The number of alkyl halides is 2. The number of hydrogen-bond acceptors (Lipinski definition) is 3. The number of rotatable bonds is 10. The molecule has 6 nitrogen and oxygen atoms in total. The summed E-state index contributed by atoms with van der Waals surface area (Å²) in [6.07, 6.45) is 1.07. The maximum Gasteiger partial charge on any atom is 0.387 e. The molecule has 0 aliphatic rings. The van der Waals surface area contributed by atoms with Crippen LogP contribution in [0.15, 0.2) is 48.5 Å². The number of urea groups is 1. The van der Waals surface area contributed by atoms with Crippen molar-refractivity contribution in [3.8, 4) is 5.75 Å². The fourth-order valence-corrected chi connectivity index (χ4v) is 2.42. The van der Waals surface area contributed by atoms with E-state index in [-0.39, 0.29) is 17.7 Å². The first-order valence-electron chi connectivity index (χ1n) is 9.03. The van der Waals surface area contributed by atoms with Gasteiger partial charge in [0, 0.05) is 25.2 Å². The van der Waals surface area contributed by atoms with Crippen LogP contribution in [-0.2, 0) is 6.42 Å². The van der Waals surface area contributed by atoms with Crippen LogP contribution in [0.4, 0.5) is 18.0 Å². The normalized spacial score (nSPS) is 10.5. The molecule has 0 unspecified atom stereocenters. The van der Waals surface area contributed by atoms with Gasteiger partial charge in [-0.1, -0.05) is 12.1 Å². The van der Waals surface area contributed by atoms with E-state index >= 15 is 0 Å². The third-order valence-corrected chi connectivity index (χ3v) is 3.88. The summed E-state index contributed by atoms with van der Waals surface area (Å²) in [5.74, 6) is -0.630. The van der Waals surface area contributed by atoms with Crippen LogP contribution >= 0.6 is 0 Å². The number of benzene rings is 2. The molecular weight excluding hydrogens is 387 g/mol. The first-order chi connectivity index (χ1) is 13.9. The molecule has 0 heterocycles. The molecule has 0 saturated carbocycles. The highest BCUT2D eigenvalue weighted by atomic mass is 19.3. The Morgan fingerprint density at radius 1 is 0.862 bits per heavy atom. The van der Waals surface area contributed by atoms with E-state index in [1.54, 1.807) is 12.1 Å². The summed E-state index contributed by atoms with van der Waals surface area (Å²) >= 11 is 0. The molecular formula is C20H22F3N3O3. The van der Waals surface area contributed by atoms with Gasteiger partial charge in [-0.15, -0.1) is 0 Å². The molecule has 9 heteroatoms. The van der Waals surface area contributed by atoms with Gasteiger partial charge < -0.3 is 20.7 Å². The Hall–Kier alpha value is -3.23. The topological polar surface area (TPSA) is 79.5 Å². The quantitative estimate of drug-likeness (QED) is 0.528. The summed E-state index contributed by atoms with van der Waals surface area (Å²) in [6.45, 7) is -1.75. The molecule has 0 spiro atoms. The number of carbonyl (C=O) groups is 2. The molecule has 0 aromatic heterocycles. The lowest BCUT2D eigenvalue weighted by Gasteiger charge is -2.09. The minimum Gasteiger partial charge on any atom is -0.435 e. The van der Waals surface area contributed by atoms with Gasteiger partial charge in [-0.3, -0.25) is 4.79 Å². The first kappa shape index (κ1) is 22.1. The summed E-state index contributed by atoms with van der Waals surface area (Å²) in [5, 5.41) is 8.03. The fraction of sp³-hybridized carbons (Fsp3) is 0.300. The highest BCUT2D eigenvalue weighted by Gasteiger charge is 2.06. The van der Waals surface area contributed by atoms with Gasteiger partial charge >= 0.3 is 12.6 Å². The number of ether oxygens (including phenoxy) is 1. The number of nitrogens with one attached hydrogen (secondary N) is 3. The average Bonchev–Trinajstić information content (AvgIpc) is 2.69. The molecule has 0 saturated heterocycles. The Balaban J connectivity index is 1.54. The third kappa shape index (κ3) is 8.54. The fourth-order valence-electron chi connectivity index (χ4n) is 2.42. The second kappa shape index (κ2) is 11.6. The Labute approximate surface area is 166 Å². The highest BCUT2D eigenvalue weighted by molar-refractivity contribution is 5.94. The minimum atomic E-state index is -2.86. The van der Waals surface area contributed by atoms with Crippen molar-refractivity contribution in [2.75, 3.05) is 19.6 Å². The van der Waals surface area contributed by atoms with E-state index in [2.05, 4.69) is 20.7 Å². The molecule has 2 rings (SSSR count). The molecule has 156 valence electrons. The average molecular weight is 409 g/mol. The summed E-state index contributed by atoms with van der Waals surface area (Å²) in [4.78, 5) is 23.5. The van der Waals surface area contributed by atoms with E-state index in [0.717, 1.165) is 5.56 Å². The SMILES string of the molecule is O=C(NCCCNC(=O)c1ccc(F)cc1)NCCc1ccc(OC(F)F)cc1. The van der Waals surface area contributed by atoms with Crippen molar-refractivity contribution in [3.05, 3.63) is 65.5 Å². The number of halogens is 3. The standard InChI is InChI=1S/C20H22F3N3O3/c21-16-6-4-15(5-7-16)18(27)24-11-1-12-25-20(28)26-13-10-14-2-8-17(9-3-14)29-19(22)23/h2-9,19H,1,10-13H2,(H,24,27)(H2,25,26,28). The third-order valence-electron chi connectivity index (χ3n) is 3.88. The summed E-state index contributed by atoms with van der Waals surface area (Å²) in [5.41, 5.74) is 1.24. The molecule has 0 radical (unpaired) electrons. The molecule has 2 aromatic rings. The Bertz CT molecular complexity index is 784. The number of amides is 3. The van der Waals surface area contributed by atoms with Crippen LogP contribution in [0.3, 0.4) is 0 Å². The molecule has 2 aromatic carbocycles. The van der Waals surface area contributed by atoms with E-state index in [9.17, 15) is 22.8 Å². The number of carbonyl (C=O) groups excluding carboxylic acids is 2. The van der Waals surface area contributed by atoms with Crippen molar-refractivity contribution < 1.29 is 27.5 Å². The summed E-state index contributed by atoms with van der Waals surface area (Å²) < 4.78 is 41.2. The lowest BCUT2D eigenvalue weighted by Crippen LogP contribution is -2.38. The van der Waals surface area contributed by atoms with Gasteiger partial charge in [0.15, 0.2) is 0 Å². The molecule has 3 amide bonds. The monoisotopic (exact) mass is 409 g/mol. The maximum atomic E-state index is 12.8. The van der Waals surface area contributed by atoms with Crippen LogP contribution in [-0.4, -0.2) is 38.2 Å². The zero-order valence-corrected chi connectivity index (χ0v) is 15.6. The second-order valence-corrected chi connectivity index (χ2v) is 6.07. The van der Waals surface area contributed by atoms with E-state index in [4.69, 9.17) is 0 Å². The first-order valence-corrected chi connectivity index (χ1v) is 9.03. The maximum absolute atomic E-state index is 12.8. The molecule has 0 bridgehead atoms. The minimum absolute atomic E-state index is 0.0842. The molecule has 3 N–H and O–H groups in total. The Morgan fingerprint density at radius 3 is 2.14 bits per heavy atom. The van der Waals surface area contributed by atoms with Crippen molar-refractivity contribution in [1.82, 2.24) is 16.0 Å². The lowest BCUT2D eigenvalue weighted by molar-refractivity contribution is -0.0498. The smallest absolute Gasteiger partial charge is 0.387 e. The van der Waals surface area contributed by atoms with Crippen molar-refractivity contribution in [1.29, 1.82) is 0 Å². The molecule has 0 aliphatic heterocycles. The second-order valence-electron chi connectivity index (χ2n) is 6.07. The predicted molar refractivity (Wildman–Crippen MR) is 102 cm³/mol. The Kier molecular flexibility index (Phi) is 8.81. The van der Waals surface area contributed by atoms with Crippen LogP contribution < -0.4 is 20.7 Å². The number of hydrogen-bond donors (Lipinski definition) is 3. The van der Waals surface area contributed by atoms with Gasteiger partial charge in [0.05, 0.1) is 0 Å².